The number of hydrogen-bond acceptors (Lipinski definition) is 0. The first-order chi connectivity index (χ1) is 9.86. The third-order valence-electron chi connectivity index (χ3n) is 4.52. The van der Waals surface area contributed by atoms with Crippen molar-refractivity contribution in [1.29, 1.82) is 0 Å². The van der Waals surface area contributed by atoms with E-state index in [9.17, 15) is 0 Å². The monoisotopic (exact) mass is 252 g/mol. The van der Waals surface area contributed by atoms with Crippen LogP contribution in [0.1, 0.15) is 0 Å². The molecule has 20 heavy (non-hydrogen) atoms. The van der Waals surface area contributed by atoms with E-state index >= 15 is 0 Å². The molecule has 0 saturated carbocycles. The Morgan fingerprint density at radius 2 is 1.10 bits per heavy atom. The smallest absolute Gasteiger partial charge is 0.00139 e. The number of benzene rings is 4. The molecule has 5 aromatic rings. The summed E-state index contributed by atoms with van der Waals surface area (Å²) in [4.78, 5) is 0. The van der Waals surface area contributed by atoms with Crippen LogP contribution in [0, 0.1) is 0 Å². The SMILES string of the molecule is C=c1c2cccc3cccc(c32)c2c3ccccc3c12. The van der Waals surface area contributed by atoms with Crippen molar-refractivity contribution in [2.45, 2.75) is 0 Å². The highest BCUT2D eigenvalue weighted by atomic mass is 14.2. The van der Waals surface area contributed by atoms with Crippen LogP contribution in [-0.4, -0.2) is 0 Å². The second-order valence-electron chi connectivity index (χ2n) is 5.48. The highest BCUT2D eigenvalue weighted by molar-refractivity contribution is 6.37. The maximum Gasteiger partial charge on any atom is -0.00139 e. The Morgan fingerprint density at radius 3 is 1.85 bits per heavy atom. The summed E-state index contributed by atoms with van der Waals surface area (Å²) in [5.41, 5.74) is 0. The zero-order valence-corrected chi connectivity index (χ0v) is 11.0. The summed E-state index contributed by atoms with van der Waals surface area (Å²) in [6.07, 6.45) is 0. The number of rotatable bonds is 0. The van der Waals surface area contributed by atoms with E-state index < -0.39 is 0 Å². The van der Waals surface area contributed by atoms with Crippen LogP contribution in [-0.2, 0) is 0 Å². The van der Waals surface area contributed by atoms with E-state index in [-0.39, 0.29) is 0 Å². The minimum atomic E-state index is 1.17. The molecule has 0 bridgehead atoms. The fourth-order valence-corrected chi connectivity index (χ4v) is 3.65. The molecule has 5 rings (SSSR count). The summed E-state index contributed by atoms with van der Waals surface area (Å²) < 4.78 is 0. The molecule has 0 radical (unpaired) electrons. The molecule has 0 N–H and O–H groups in total. The lowest BCUT2D eigenvalue weighted by Gasteiger charge is -2.17. The van der Waals surface area contributed by atoms with Crippen molar-refractivity contribution in [3.8, 4) is 0 Å². The van der Waals surface area contributed by atoms with E-state index in [2.05, 4.69) is 67.2 Å². The van der Waals surface area contributed by atoms with E-state index in [1.54, 1.807) is 0 Å². The minimum absolute atomic E-state index is 1.17. The van der Waals surface area contributed by atoms with Crippen molar-refractivity contribution in [2.24, 2.45) is 0 Å². The van der Waals surface area contributed by atoms with Gasteiger partial charge >= 0.3 is 0 Å². The molecule has 0 fully saturated rings. The van der Waals surface area contributed by atoms with E-state index in [1.165, 1.54) is 48.3 Å². The van der Waals surface area contributed by atoms with Crippen LogP contribution >= 0.6 is 0 Å². The van der Waals surface area contributed by atoms with Gasteiger partial charge in [0.25, 0.3) is 0 Å². The van der Waals surface area contributed by atoms with Gasteiger partial charge < -0.3 is 0 Å². The predicted molar refractivity (Wildman–Crippen MR) is 88.4 cm³/mol. The lowest BCUT2D eigenvalue weighted by Crippen LogP contribution is -2.06. The first kappa shape index (κ1) is 10.2. The van der Waals surface area contributed by atoms with Crippen LogP contribution < -0.4 is 5.22 Å². The second-order valence-corrected chi connectivity index (χ2v) is 5.48. The van der Waals surface area contributed by atoms with Gasteiger partial charge in [0.2, 0.25) is 0 Å². The molecule has 0 aliphatic heterocycles. The third-order valence-corrected chi connectivity index (χ3v) is 4.52. The Hall–Kier alpha value is -2.60. The van der Waals surface area contributed by atoms with E-state index in [4.69, 9.17) is 0 Å². The Kier molecular flexibility index (Phi) is 1.68. The molecule has 5 aromatic carbocycles. The Morgan fingerprint density at radius 1 is 0.500 bits per heavy atom. The van der Waals surface area contributed by atoms with Crippen molar-refractivity contribution < 1.29 is 0 Å². The maximum absolute atomic E-state index is 4.36. The van der Waals surface area contributed by atoms with Crippen molar-refractivity contribution in [3.05, 3.63) is 65.9 Å². The average Bonchev–Trinajstić information content (AvgIpc) is 2.47. The quantitative estimate of drug-likeness (QED) is 0.369. The van der Waals surface area contributed by atoms with E-state index in [0.29, 0.717) is 0 Å². The molecule has 0 amide bonds. The summed E-state index contributed by atoms with van der Waals surface area (Å²) in [5.74, 6) is 0. The number of fused-ring (bicyclic) bond motifs is 5. The fraction of sp³-hybridized carbons (Fsp3) is 0. The van der Waals surface area contributed by atoms with Gasteiger partial charge in [-0.15, -0.1) is 0 Å². The largest absolute Gasteiger partial charge is 0.0905 e. The number of hydrogen-bond donors (Lipinski definition) is 0. The highest BCUT2D eigenvalue weighted by Gasteiger charge is 2.16. The van der Waals surface area contributed by atoms with Crippen molar-refractivity contribution in [1.82, 2.24) is 0 Å². The third kappa shape index (κ3) is 1.00. The van der Waals surface area contributed by atoms with Crippen molar-refractivity contribution >= 4 is 49.7 Å². The summed E-state index contributed by atoms with van der Waals surface area (Å²) >= 11 is 0. The summed E-state index contributed by atoms with van der Waals surface area (Å²) in [5, 5.41) is 11.9. The van der Waals surface area contributed by atoms with Crippen LogP contribution in [0.3, 0.4) is 0 Å². The van der Waals surface area contributed by atoms with Gasteiger partial charge in [0.15, 0.2) is 0 Å². The van der Waals surface area contributed by atoms with Gasteiger partial charge in [0.05, 0.1) is 0 Å². The van der Waals surface area contributed by atoms with Crippen LogP contribution in [0.15, 0.2) is 60.7 Å². The van der Waals surface area contributed by atoms with E-state index in [0.717, 1.165) is 0 Å². The molecule has 0 aliphatic carbocycles. The van der Waals surface area contributed by atoms with Gasteiger partial charge in [-0.05, 0) is 48.3 Å². The van der Waals surface area contributed by atoms with Crippen LogP contribution in [0.4, 0.5) is 0 Å². The Balaban J connectivity index is 2.26. The first-order valence-corrected chi connectivity index (χ1v) is 6.92. The molecule has 0 heteroatoms. The fourth-order valence-electron chi connectivity index (χ4n) is 3.65. The van der Waals surface area contributed by atoms with Crippen LogP contribution in [0.5, 0.6) is 0 Å². The minimum Gasteiger partial charge on any atom is -0.0905 e. The maximum atomic E-state index is 4.36. The summed E-state index contributed by atoms with van der Waals surface area (Å²) in [7, 11) is 0. The molecule has 0 atom stereocenters. The zero-order valence-electron chi connectivity index (χ0n) is 11.0. The van der Waals surface area contributed by atoms with Gasteiger partial charge in [-0.3, -0.25) is 0 Å². The molecule has 92 valence electrons. The topological polar surface area (TPSA) is 0 Å². The molecule has 0 aliphatic rings. The highest BCUT2D eigenvalue weighted by Crippen LogP contribution is 2.40. The van der Waals surface area contributed by atoms with Crippen molar-refractivity contribution in [3.63, 3.8) is 0 Å². The van der Waals surface area contributed by atoms with E-state index in [1.807, 2.05) is 0 Å². The molecule has 0 nitrogen and oxygen atoms in total. The lowest BCUT2D eigenvalue weighted by atomic mass is 9.85. The molecule has 0 unspecified atom stereocenters. The summed E-state index contributed by atoms with van der Waals surface area (Å²) in [6, 6.07) is 21.7. The normalized spacial score (nSPS) is 12.2. The standard InChI is InChI=1S/C20H12/c1-12-14-10-4-6-13-7-5-11-17(19(13)14)20-16-9-3-2-8-15(16)18(12)20/h2-11H,1H2. The van der Waals surface area contributed by atoms with Crippen LogP contribution in [0.2, 0.25) is 0 Å². The lowest BCUT2D eigenvalue weighted by molar-refractivity contribution is 1.76. The van der Waals surface area contributed by atoms with Gasteiger partial charge in [0.1, 0.15) is 0 Å². The Labute approximate surface area is 116 Å². The average molecular weight is 252 g/mol. The molecular weight excluding hydrogens is 240 g/mol. The Bertz CT molecular complexity index is 1140. The predicted octanol–water partition coefficient (Wildman–Crippen LogP) is 4.87. The molecule has 0 spiro atoms. The van der Waals surface area contributed by atoms with Gasteiger partial charge in [-0.2, -0.15) is 0 Å². The van der Waals surface area contributed by atoms with Gasteiger partial charge in [0, 0.05) is 0 Å². The summed E-state index contributed by atoms with van der Waals surface area (Å²) in [6.45, 7) is 4.36. The zero-order chi connectivity index (χ0) is 13.3. The molecule has 0 aromatic heterocycles. The second kappa shape index (κ2) is 3.29. The van der Waals surface area contributed by atoms with Gasteiger partial charge in [-0.1, -0.05) is 67.2 Å². The van der Waals surface area contributed by atoms with Crippen LogP contribution in [0.25, 0.3) is 49.7 Å². The molecule has 0 heterocycles. The van der Waals surface area contributed by atoms with Crippen molar-refractivity contribution in [2.75, 3.05) is 0 Å². The first-order valence-electron chi connectivity index (χ1n) is 6.92. The molecule has 0 saturated heterocycles. The van der Waals surface area contributed by atoms with Gasteiger partial charge in [-0.25, -0.2) is 0 Å². The molecular formula is C20H12.